The van der Waals surface area contributed by atoms with Crippen molar-refractivity contribution >= 4 is 24.0 Å². The Bertz CT molecular complexity index is 940. The van der Waals surface area contributed by atoms with Crippen LogP contribution >= 0.6 is 12.2 Å². The lowest BCUT2D eigenvalue weighted by Gasteiger charge is -2.09. The van der Waals surface area contributed by atoms with E-state index in [9.17, 15) is 9.59 Å². The fraction of sp³-hybridized carbons (Fsp3) is 0.125. The van der Waals surface area contributed by atoms with E-state index in [2.05, 4.69) is 26.0 Å². The molecule has 0 aliphatic rings. The summed E-state index contributed by atoms with van der Waals surface area (Å²) >= 11 is 5.19. The number of hydrogen-bond acceptors (Lipinski definition) is 4. The molecule has 0 bridgehead atoms. The minimum absolute atomic E-state index is 0.0798. The van der Waals surface area contributed by atoms with Crippen molar-refractivity contribution in [3.05, 3.63) is 58.6 Å². The zero-order valence-electron chi connectivity index (χ0n) is 13.4. The number of carbonyl (C=O) groups excluding carboxylic acids is 2. The maximum Gasteiger partial charge on any atom is 0.286 e. The Morgan fingerprint density at radius 2 is 1.96 bits per heavy atom. The van der Waals surface area contributed by atoms with Gasteiger partial charge in [0.05, 0.1) is 0 Å². The lowest BCUT2D eigenvalue weighted by atomic mass is 10.1. The summed E-state index contributed by atoms with van der Waals surface area (Å²) in [5.41, 5.74) is 6.99. The highest BCUT2D eigenvalue weighted by Crippen LogP contribution is 2.17. The van der Waals surface area contributed by atoms with Crippen LogP contribution in [0.3, 0.4) is 0 Å². The maximum atomic E-state index is 12.1. The maximum absolute atomic E-state index is 12.1. The molecule has 0 aliphatic heterocycles. The zero-order chi connectivity index (χ0) is 17.8. The number of hydrazine groups is 1. The molecule has 3 aromatic rings. The monoisotopic (exact) mass is 356 g/mol. The van der Waals surface area contributed by atoms with Crippen molar-refractivity contribution in [2.75, 3.05) is 0 Å². The standard InChI is InChI=1S/C16H16N6O2S/c1-10-4-6-11(7-5-10)14-19-21-16(25)22(14)9-13(23)18-20-15(24)12-3-2-8-17-12/h2-8,17H,9H2,1H3,(H,18,23)(H,20,24)(H,21,25). The topological polar surface area (TPSA) is 108 Å². The number of amides is 2. The van der Waals surface area contributed by atoms with Crippen LogP contribution in [0.4, 0.5) is 0 Å². The summed E-state index contributed by atoms with van der Waals surface area (Å²) in [6, 6.07) is 11.0. The Balaban J connectivity index is 1.69. The number of H-pyrrole nitrogens is 2. The van der Waals surface area contributed by atoms with E-state index < -0.39 is 11.8 Å². The normalized spacial score (nSPS) is 10.4. The molecule has 8 nitrogen and oxygen atoms in total. The highest BCUT2D eigenvalue weighted by atomic mass is 32.1. The number of nitrogens with one attached hydrogen (secondary N) is 4. The third kappa shape index (κ3) is 3.83. The zero-order valence-corrected chi connectivity index (χ0v) is 14.2. The van der Waals surface area contributed by atoms with E-state index in [0.29, 0.717) is 16.3 Å². The molecule has 0 radical (unpaired) electrons. The van der Waals surface area contributed by atoms with Crippen molar-refractivity contribution in [2.45, 2.75) is 13.5 Å². The van der Waals surface area contributed by atoms with E-state index in [1.54, 1.807) is 22.9 Å². The number of carbonyl (C=O) groups is 2. The molecule has 128 valence electrons. The average molecular weight is 356 g/mol. The molecule has 3 rings (SSSR count). The van der Waals surface area contributed by atoms with Gasteiger partial charge in [0, 0.05) is 11.8 Å². The molecule has 0 saturated carbocycles. The van der Waals surface area contributed by atoms with E-state index in [1.165, 1.54) is 0 Å². The minimum Gasteiger partial charge on any atom is -0.357 e. The second-order valence-corrected chi connectivity index (χ2v) is 5.78. The van der Waals surface area contributed by atoms with Gasteiger partial charge in [-0.1, -0.05) is 29.8 Å². The van der Waals surface area contributed by atoms with Gasteiger partial charge < -0.3 is 4.98 Å². The highest BCUT2D eigenvalue weighted by molar-refractivity contribution is 7.71. The average Bonchev–Trinajstić information content (AvgIpc) is 3.25. The van der Waals surface area contributed by atoms with Gasteiger partial charge in [0.25, 0.3) is 11.8 Å². The van der Waals surface area contributed by atoms with Crippen molar-refractivity contribution in [2.24, 2.45) is 0 Å². The molecule has 2 aromatic heterocycles. The third-order valence-corrected chi connectivity index (χ3v) is 3.84. The number of benzene rings is 1. The van der Waals surface area contributed by atoms with E-state index >= 15 is 0 Å². The van der Waals surface area contributed by atoms with Crippen LogP contribution in [0.5, 0.6) is 0 Å². The Morgan fingerprint density at radius 1 is 1.20 bits per heavy atom. The van der Waals surface area contributed by atoms with Gasteiger partial charge in [0.2, 0.25) is 0 Å². The largest absolute Gasteiger partial charge is 0.357 e. The molecule has 2 heterocycles. The Hall–Kier alpha value is -3.20. The van der Waals surface area contributed by atoms with Crippen LogP contribution in [0.1, 0.15) is 16.1 Å². The molecule has 0 atom stereocenters. The van der Waals surface area contributed by atoms with Gasteiger partial charge >= 0.3 is 0 Å². The fourth-order valence-corrected chi connectivity index (χ4v) is 2.43. The van der Waals surface area contributed by atoms with Crippen LogP contribution in [0.2, 0.25) is 0 Å². The van der Waals surface area contributed by atoms with Gasteiger partial charge in [-0.25, -0.2) is 0 Å². The first kappa shape index (κ1) is 16.7. The van der Waals surface area contributed by atoms with E-state index in [0.717, 1.165) is 11.1 Å². The van der Waals surface area contributed by atoms with Crippen LogP contribution in [-0.2, 0) is 11.3 Å². The molecule has 4 N–H and O–H groups in total. The fourth-order valence-electron chi connectivity index (χ4n) is 2.24. The summed E-state index contributed by atoms with van der Waals surface area (Å²) in [5, 5.41) is 6.86. The molecule has 25 heavy (non-hydrogen) atoms. The Morgan fingerprint density at radius 3 is 2.64 bits per heavy atom. The smallest absolute Gasteiger partial charge is 0.286 e. The van der Waals surface area contributed by atoms with E-state index in [4.69, 9.17) is 12.2 Å². The van der Waals surface area contributed by atoms with Crippen LogP contribution in [-0.4, -0.2) is 31.6 Å². The van der Waals surface area contributed by atoms with Crippen LogP contribution < -0.4 is 10.9 Å². The molecule has 9 heteroatoms. The van der Waals surface area contributed by atoms with Crippen LogP contribution in [0.15, 0.2) is 42.6 Å². The highest BCUT2D eigenvalue weighted by Gasteiger charge is 2.13. The van der Waals surface area contributed by atoms with Gasteiger partial charge in [0.1, 0.15) is 12.2 Å². The molecular weight excluding hydrogens is 340 g/mol. The van der Waals surface area contributed by atoms with Gasteiger partial charge in [0.15, 0.2) is 10.6 Å². The number of aryl methyl sites for hydroxylation is 1. The molecular formula is C16H16N6O2S. The Kier molecular flexibility index (Phi) is 4.75. The first-order chi connectivity index (χ1) is 12.0. The summed E-state index contributed by atoms with van der Waals surface area (Å²) < 4.78 is 1.89. The minimum atomic E-state index is -0.437. The second-order valence-electron chi connectivity index (χ2n) is 5.39. The number of aromatic amines is 2. The lowest BCUT2D eigenvalue weighted by Crippen LogP contribution is -2.43. The summed E-state index contributed by atoms with van der Waals surface area (Å²) in [4.78, 5) is 26.7. The first-order valence-corrected chi connectivity index (χ1v) is 7.90. The Labute approximate surface area is 148 Å². The second kappa shape index (κ2) is 7.14. The van der Waals surface area contributed by atoms with Gasteiger partial charge in [-0.2, -0.15) is 5.10 Å². The number of aromatic nitrogens is 4. The van der Waals surface area contributed by atoms with Crippen LogP contribution in [0.25, 0.3) is 11.4 Å². The molecule has 0 saturated heterocycles. The molecule has 0 fully saturated rings. The molecule has 0 spiro atoms. The van der Waals surface area contributed by atoms with Crippen molar-refractivity contribution in [1.82, 2.24) is 30.6 Å². The third-order valence-electron chi connectivity index (χ3n) is 3.53. The van der Waals surface area contributed by atoms with Crippen LogP contribution in [0, 0.1) is 11.7 Å². The van der Waals surface area contributed by atoms with E-state index in [1.807, 2.05) is 31.2 Å². The molecule has 1 aromatic carbocycles. The first-order valence-electron chi connectivity index (χ1n) is 7.49. The quantitative estimate of drug-likeness (QED) is 0.421. The summed E-state index contributed by atoms with van der Waals surface area (Å²) in [6.45, 7) is 1.91. The van der Waals surface area contributed by atoms with E-state index in [-0.39, 0.29) is 6.54 Å². The number of rotatable bonds is 4. The SMILES string of the molecule is Cc1ccc(-c2n[nH]c(=S)n2CC(=O)NNC(=O)c2ccc[nH]2)cc1. The van der Waals surface area contributed by atoms with Gasteiger partial charge in [-0.05, 0) is 31.3 Å². The van der Waals surface area contributed by atoms with Crippen molar-refractivity contribution in [1.29, 1.82) is 0 Å². The predicted molar refractivity (Wildman–Crippen MR) is 94.0 cm³/mol. The number of hydrogen-bond donors (Lipinski definition) is 4. The number of nitrogens with zero attached hydrogens (tertiary/aromatic N) is 2. The molecule has 0 aliphatic carbocycles. The van der Waals surface area contributed by atoms with Gasteiger partial charge in [-0.3, -0.25) is 30.1 Å². The predicted octanol–water partition coefficient (Wildman–Crippen LogP) is 1.71. The van der Waals surface area contributed by atoms with Crippen molar-refractivity contribution in [3.63, 3.8) is 0 Å². The molecule has 0 unspecified atom stereocenters. The van der Waals surface area contributed by atoms with Crippen molar-refractivity contribution < 1.29 is 9.59 Å². The summed E-state index contributed by atoms with van der Waals surface area (Å²) in [6.07, 6.45) is 1.62. The molecule has 2 amide bonds. The lowest BCUT2D eigenvalue weighted by molar-refractivity contribution is -0.122. The summed E-state index contributed by atoms with van der Waals surface area (Å²) in [5.74, 6) is -0.311. The summed E-state index contributed by atoms with van der Waals surface area (Å²) in [7, 11) is 0. The van der Waals surface area contributed by atoms with Gasteiger partial charge in [-0.15, -0.1) is 0 Å². The van der Waals surface area contributed by atoms with Crippen molar-refractivity contribution in [3.8, 4) is 11.4 Å².